The van der Waals surface area contributed by atoms with E-state index in [1.807, 2.05) is 55.5 Å². The SMILES string of the molecule is Cc1ccc(OCC(=O)Nc2ccc3oc(-c4ccccc4Br)nc3c2)cc1. The summed E-state index contributed by atoms with van der Waals surface area (Å²) in [5, 5.41) is 2.82. The Balaban J connectivity index is 1.46. The van der Waals surface area contributed by atoms with Gasteiger partial charge in [0.25, 0.3) is 5.91 Å². The number of carbonyl (C=O) groups is 1. The molecule has 1 heterocycles. The second-order valence-electron chi connectivity index (χ2n) is 6.33. The number of carbonyl (C=O) groups excluding carboxylic acids is 1. The van der Waals surface area contributed by atoms with Crippen molar-refractivity contribution in [3.05, 3.63) is 76.8 Å². The van der Waals surface area contributed by atoms with Gasteiger partial charge in [-0.3, -0.25) is 4.79 Å². The minimum absolute atomic E-state index is 0.0673. The van der Waals surface area contributed by atoms with Crippen LogP contribution >= 0.6 is 15.9 Å². The molecule has 28 heavy (non-hydrogen) atoms. The number of hydrogen-bond acceptors (Lipinski definition) is 4. The van der Waals surface area contributed by atoms with Gasteiger partial charge in [-0.1, -0.05) is 29.8 Å². The second kappa shape index (κ2) is 7.86. The molecule has 1 N–H and O–H groups in total. The molecule has 0 bridgehead atoms. The van der Waals surface area contributed by atoms with Gasteiger partial charge in [-0.25, -0.2) is 4.98 Å². The molecule has 6 heteroatoms. The number of benzene rings is 3. The van der Waals surface area contributed by atoms with Crippen molar-refractivity contribution in [3.63, 3.8) is 0 Å². The lowest BCUT2D eigenvalue weighted by molar-refractivity contribution is -0.118. The summed E-state index contributed by atoms with van der Waals surface area (Å²) in [4.78, 5) is 16.7. The maximum Gasteiger partial charge on any atom is 0.262 e. The zero-order chi connectivity index (χ0) is 19.5. The molecular formula is C22H17BrN2O3. The van der Waals surface area contributed by atoms with E-state index >= 15 is 0 Å². The molecule has 0 aliphatic carbocycles. The van der Waals surface area contributed by atoms with Crippen LogP contribution < -0.4 is 10.1 Å². The first-order valence-corrected chi connectivity index (χ1v) is 9.52. The number of aromatic nitrogens is 1. The maximum atomic E-state index is 12.2. The molecule has 0 saturated heterocycles. The van der Waals surface area contributed by atoms with Crippen LogP contribution in [-0.4, -0.2) is 17.5 Å². The summed E-state index contributed by atoms with van der Waals surface area (Å²) in [6.07, 6.45) is 0. The molecule has 0 aliphatic heterocycles. The number of rotatable bonds is 5. The van der Waals surface area contributed by atoms with Crippen molar-refractivity contribution in [2.75, 3.05) is 11.9 Å². The van der Waals surface area contributed by atoms with E-state index in [9.17, 15) is 4.79 Å². The van der Waals surface area contributed by atoms with Crippen LogP contribution in [-0.2, 0) is 4.79 Å². The summed E-state index contributed by atoms with van der Waals surface area (Å²) in [5.41, 5.74) is 3.97. The van der Waals surface area contributed by atoms with E-state index in [1.165, 1.54) is 0 Å². The highest BCUT2D eigenvalue weighted by molar-refractivity contribution is 9.10. The number of halogens is 1. The van der Waals surface area contributed by atoms with E-state index < -0.39 is 0 Å². The summed E-state index contributed by atoms with van der Waals surface area (Å²) in [6, 6.07) is 20.6. The van der Waals surface area contributed by atoms with E-state index in [1.54, 1.807) is 18.2 Å². The van der Waals surface area contributed by atoms with Crippen molar-refractivity contribution in [2.24, 2.45) is 0 Å². The van der Waals surface area contributed by atoms with Gasteiger partial charge in [0, 0.05) is 10.2 Å². The van der Waals surface area contributed by atoms with Crippen LogP contribution in [0.25, 0.3) is 22.6 Å². The Morgan fingerprint density at radius 1 is 1.11 bits per heavy atom. The normalized spacial score (nSPS) is 10.8. The Hall–Kier alpha value is -3.12. The fourth-order valence-corrected chi connectivity index (χ4v) is 3.19. The number of aryl methyl sites for hydroxylation is 1. The number of fused-ring (bicyclic) bond motifs is 1. The highest BCUT2D eigenvalue weighted by atomic mass is 79.9. The highest BCUT2D eigenvalue weighted by Gasteiger charge is 2.12. The number of anilines is 1. The predicted octanol–water partition coefficient (Wildman–Crippen LogP) is 5.58. The average Bonchev–Trinajstić information content (AvgIpc) is 3.11. The van der Waals surface area contributed by atoms with Gasteiger partial charge in [0.15, 0.2) is 12.2 Å². The molecule has 5 nitrogen and oxygen atoms in total. The zero-order valence-corrected chi connectivity index (χ0v) is 16.7. The van der Waals surface area contributed by atoms with Crippen LogP contribution in [0, 0.1) is 6.92 Å². The topological polar surface area (TPSA) is 64.4 Å². The largest absolute Gasteiger partial charge is 0.484 e. The molecule has 1 aromatic heterocycles. The van der Waals surface area contributed by atoms with Gasteiger partial charge in [-0.15, -0.1) is 0 Å². The monoisotopic (exact) mass is 436 g/mol. The van der Waals surface area contributed by atoms with Gasteiger partial charge in [0.2, 0.25) is 5.89 Å². The van der Waals surface area contributed by atoms with E-state index in [2.05, 4.69) is 26.2 Å². The number of hydrogen-bond donors (Lipinski definition) is 1. The van der Waals surface area contributed by atoms with Crippen LogP contribution in [0.4, 0.5) is 5.69 Å². The standard InChI is InChI=1S/C22H17BrN2O3/c1-14-6-9-16(10-7-14)27-13-21(26)24-15-8-11-20-19(12-15)25-22(28-20)17-4-2-3-5-18(17)23/h2-12H,13H2,1H3,(H,24,26). The summed E-state index contributed by atoms with van der Waals surface area (Å²) >= 11 is 3.51. The first-order valence-electron chi connectivity index (χ1n) is 8.73. The number of nitrogens with zero attached hydrogens (tertiary/aromatic N) is 1. The van der Waals surface area contributed by atoms with Gasteiger partial charge in [-0.05, 0) is 65.3 Å². The van der Waals surface area contributed by atoms with Gasteiger partial charge in [0.05, 0.1) is 5.56 Å². The molecule has 4 aromatic rings. The van der Waals surface area contributed by atoms with Gasteiger partial charge >= 0.3 is 0 Å². The van der Waals surface area contributed by atoms with E-state index in [-0.39, 0.29) is 12.5 Å². The van der Waals surface area contributed by atoms with E-state index in [0.717, 1.165) is 15.6 Å². The molecule has 4 rings (SSSR count). The molecule has 0 saturated carbocycles. The minimum Gasteiger partial charge on any atom is -0.484 e. The first-order chi connectivity index (χ1) is 13.6. The highest BCUT2D eigenvalue weighted by Crippen LogP contribution is 2.30. The molecule has 0 fully saturated rings. The molecule has 1 amide bonds. The third-order valence-corrected chi connectivity index (χ3v) is 4.86. The van der Waals surface area contributed by atoms with Crippen molar-refractivity contribution in [1.82, 2.24) is 4.98 Å². The van der Waals surface area contributed by atoms with Crippen LogP contribution in [0.2, 0.25) is 0 Å². The lowest BCUT2D eigenvalue weighted by Gasteiger charge is -2.07. The Morgan fingerprint density at radius 3 is 2.68 bits per heavy atom. The molecule has 0 radical (unpaired) electrons. The van der Waals surface area contributed by atoms with Gasteiger partial charge in [-0.2, -0.15) is 0 Å². The second-order valence-corrected chi connectivity index (χ2v) is 7.19. The molecule has 0 atom stereocenters. The smallest absolute Gasteiger partial charge is 0.262 e. The number of ether oxygens (including phenoxy) is 1. The van der Waals surface area contributed by atoms with Crippen molar-refractivity contribution in [1.29, 1.82) is 0 Å². The van der Waals surface area contributed by atoms with Gasteiger partial charge < -0.3 is 14.5 Å². The molecule has 140 valence electrons. The lowest BCUT2D eigenvalue weighted by Crippen LogP contribution is -2.20. The Kier molecular flexibility index (Phi) is 5.12. The third-order valence-electron chi connectivity index (χ3n) is 4.17. The third kappa shape index (κ3) is 4.07. The van der Waals surface area contributed by atoms with E-state index in [4.69, 9.17) is 9.15 Å². The Bertz CT molecular complexity index is 1140. The maximum absolute atomic E-state index is 12.2. The summed E-state index contributed by atoms with van der Waals surface area (Å²) in [7, 11) is 0. The van der Waals surface area contributed by atoms with Crippen molar-refractivity contribution >= 4 is 38.6 Å². The van der Waals surface area contributed by atoms with Crippen molar-refractivity contribution in [3.8, 4) is 17.2 Å². The number of amides is 1. The van der Waals surface area contributed by atoms with Crippen LogP contribution in [0.1, 0.15) is 5.56 Å². The number of oxazole rings is 1. The average molecular weight is 437 g/mol. The van der Waals surface area contributed by atoms with Crippen molar-refractivity contribution in [2.45, 2.75) is 6.92 Å². The predicted molar refractivity (Wildman–Crippen MR) is 112 cm³/mol. The molecular weight excluding hydrogens is 420 g/mol. The summed E-state index contributed by atoms with van der Waals surface area (Å²) < 4.78 is 12.2. The van der Waals surface area contributed by atoms with Gasteiger partial charge in [0.1, 0.15) is 11.3 Å². The molecule has 0 aliphatic rings. The molecule has 3 aromatic carbocycles. The summed E-state index contributed by atoms with van der Waals surface area (Å²) in [6.45, 7) is 1.93. The van der Waals surface area contributed by atoms with E-state index in [0.29, 0.717) is 28.4 Å². The first kappa shape index (κ1) is 18.3. The van der Waals surface area contributed by atoms with Crippen LogP contribution in [0.5, 0.6) is 5.75 Å². The zero-order valence-electron chi connectivity index (χ0n) is 15.1. The van der Waals surface area contributed by atoms with Crippen LogP contribution in [0.15, 0.2) is 75.6 Å². The van der Waals surface area contributed by atoms with Crippen LogP contribution in [0.3, 0.4) is 0 Å². The lowest BCUT2D eigenvalue weighted by atomic mass is 10.2. The van der Waals surface area contributed by atoms with Crippen molar-refractivity contribution < 1.29 is 13.9 Å². The molecule has 0 spiro atoms. The minimum atomic E-state index is -0.241. The fourth-order valence-electron chi connectivity index (χ4n) is 2.74. The fraction of sp³-hybridized carbons (Fsp3) is 0.0909. The summed E-state index contributed by atoms with van der Waals surface area (Å²) in [5.74, 6) is 0.939. The Labute approximate surface area is 170 Å². The Morgan fingerprint density at radius 2 is 1.89 bits per heavy atom. The quantitative estimate of drug-likeness (QED) is 0.443. The molecule has 0 unspecified atom stereocenters. The number of nitrogens with one attached hydrogen (secondary N) is 1.